The summed E-state index contributed by atoms with van der Waals surface area (Å²) in [5.74, 6) is -0.712. The van der Waals surface area contributed by atoms with E-state index < -0.39 is 23.7 Å². The molecular formula is C23H24FN3O4S. The summed E-state index contributed by atoms with van der Waals surface area (Å²) in [5.41, 5.74) is 1.21. The molecule has 1 aromatic heterocycles. The second-order valence-corrected chi connectivity index (χ2v) is 8.13. The molecule has 168 valence electrons. The van der Waals surface area contributed by atoms with E-state index in [4.69, 9.17) is 9.47 Å². The van der Waals surface area contributed by atoms with Crippen LogP contribution in [0.2, 0.25) is 0 Å². The zero-order valence-corrected chi connectivity index (χ0v) is 19.0. The fourth-order valence-electron chi connectivity index (χ4n) is 3.05. The Hall–Kier alpha value is -3.46. The summed E-state index contributed by atoms with van der Waals surface area (Å²) in [6.45, 7) is 3.58. The highest BCUT2D eigenvalue weighted by molar-refractivity contribution is 7.14. The van der Waals surface area contributed by atoms with Crippen LogP contribution in [0.15, 0.2) is 47.8 Å². The van der Waals surface area contributed by atoms with Gasteiger partial charge in [-0.15, -0.1) is 11.3 Å². The second-order valence-electron chi connectivity index (χ2n) is 7.27. The van der Waals surface area contributed by atoms with Crippen molar-refractivity contribution in [2.75, 3.05) is 19.5 Å². The Bertz CT molecular complexity index is 1120. The number of nitrogens with one attached hydrogen (secondary N) is 2. The van der Waals surface area contributed by atoms with Crippen LogP contribution in [0.25, 0.3) is 11.3 Å². The van der Waals surface area contributed by atoms with Crippen LogP contribution in [0.1, 0.15) is 24.2 Å². The number of amides is 2. The largest absolute Gasteiger partial charge is 0.497 e. The third-order valence-corrected chi connectivity index (χ3v) is 5.53. The Morgan fingerprint density at radius 1 is 1.09 bits per heavy atom. The molecule has 32 heavy (non-hydrogen) atoms. The van der Waals surface area contributed by atoms with Gasteiger partial charge in [-0.25, -0.2) is 9.37 Å². The topological polar surface area (TPSA) is 89.5 Å². The van der Waals surface area contributed by atoms with Gasteiger partial charge in [0.15, 0.2) is 5.13 Å². The van der Waals surface area contributed by atoms with E-state index in [0.717, 1.165) is 5.56 Å². The standard InChI is InChI=1S/C23H24FN3O4S/c1-13(2)20(26-21(28)15-7-5-6-8-17(15)24)22(29)27-23-25-18(12-32-23)16-11-14(30-3)9-10-19(16)31-4/h5-13,20H,1-4H3,(H,26,28)(H,25,27,29). The Morgan fingerprint density at radius 2 is 1.84 bits per heavy atom. The molecule has 0 spiro atoms. The molecular weight excluding hydrogens is 433 g/mol. The van der Waals surface area contributed by atoms with Crippen molar-refractivity contribution < 1.29 is 23.5 Å². The molecule has 1 unspecified atom stereocenters. The summed E-state index contributed by atoms with van der Waals surface area (Å²) < 4.78 is 24.6. The Labute approximate surface area is 189 Å². The maximum atomic E-state index is 13.9. The van der Waals surface area contributed by atoms with Gasteiger partial charge in [0.25, 0.3) is 5.91 Å². The highest BCUT2D eigenvalue weighted by atomic mass is 32.1. The fourth-order valence-corrected chi connectivity index (χ4v) is 3.77. The Balaban J connectivity index is 1.77. The van der Waals surface area contributed by atoms with Crippen LogP contribution >= 0.6 is 11.3 Å². The molecule has 3 aromatic rings. The molecule has 2 amide bonds. The number of anilines is 1. The van der Waals surface area contributed by atoms with E-state index in [1.165, 1.54) is 29.5 Å². The van der Waals surface area contributed by atoms with Crippen LogP contribution in [-0.4, -0.2) is 37.1 Å². The van der Waals surface area contributed by atoms with Crippen molar-refractivity contribution in [3.05, 3.63) is 59.2 Å². The van der Waals surface area contributed by atoms with Crippen molar-refractivity contribution in [1.29, 1.82) is 0 Å². The van der Waals surface area contributed by atoms with Gasteiger partial charge in [-0.3, -0.25) is 9.59 Å². The highest BCUT2D eigenvalue weighted by Crippen LogP contribution is 2.35. The lowest BCUT2D eigenvalue weighted by molar-refractivity contribution is -0.118. The van der Waals surface area contributed by atoms with Gasteiger partial charge in [-0.05, 0) is 36.2 Å². The zero-order chi connectivity index (χ0) is 23.3. The van der Waals surface area contributed by atoms with Gasteiger partial charge < -0.3 is 20.1 Å². The number of benzene rings is 2. The first kappa shape index (κ1) is 23.2. The minimum atomic E-state index is -0.874. The van der Waals surface area contributed by atoms with Crippen molar-refractivity contribution in [1.82, 2.24) is 10.3 Å². The monoisotopic (exact) mass is 457 g/mol. The Kier molecular flexibility index (Phi) is 7.42. The molecule has 0 bridgehead atoms. The number of rotatable bonds is 8. The number of nitrogens with zero attached hydrogens (tertiary/aromatic N) is 1. The second kappa shape index (κ2) is 10.2. The maximum Gasteiger partial charge on any atom is 0.254 e. The van der Waals surface area contributed by atoms with Crippen LogP contribution in [0.3, 0.4) is 0 Å². The van der Waals surface area contributed by atoms with Gasteiger partial charge in [-0.2, -0.15) is 0 Å². The lowest BCUT2D eigenvalue weighted by atomic mass is 10.0. The number of carbonyl (C=O) groups excluding carboxylic acids is 2. The normalized spacial score (nSPS) is 11.7. The molecule has 0 aliphatic carbocycles. The number of methoxy groups -OCH3 is 2. The average molecular weight is 458 g/mol. The van der Waals surface area contributed by atoms with Gasteiger partial charge in [0, 0.05) is 10.9 Å². The minimum Gasteiger partial charge on any atom is -0.497 e. The van der Waals surface area contributed by atoms with Crippen LogP contribution in [-0.2, 0) is 4.79 Å². The predicted molar refractivity (Wildman–Crippen MR) is 122 cm³/mol. The predicted octanol–water partition coefficient (Wildman–Crippen LogP) is 4.36. The van der Waals surface area contributed by atoms with E-state index in [0.29, 0.717) is 22.3 Å². The number of aromatic nitrogens is 1. The summed E-state index contributed by atoms with van der Waals surface area (Å²) in [6, 6.07) is 10.1. The third-order valence-electron chi connectivity index (χ3n) is 4.77. The smallest absolute Gasteiger partial charge is 0.254 e. The number of hydrogen-bond acceptors (Lipinski definition) is 6. The number of ether oxygens (including phenoxy) is 2. The summed E-state index contributed by atoms with van der Waals surface area (Å²) >= 11 is 1.24. The van der Waals surface area contributed by atoms with Gasteiger partial charge >= 0.3 is 0 Å². The number of carbonyl (C=O) groups is 2. The van der Waals surface area contributed by atoms with E-state index in [-0.39, 0.29) is 11.5 Å². The fraction of sp³-hybridized carbons (Fsp3) is 0.261. The summed E-state index contributed by atoms with van der Waals surface area (Å²) in [5, 5.41) is 7.50. The van der Waals surface area contributed by atoms with Crippen molar-refractivity contribution in [3.8, 4) is 22.8 Å². The summed E-state index contributed by atoms with van der Waals surface area (Å²) in [6.07, 6.45) is 0. The summed E-state index contributed by atoms with van der Waals surface area (Å²) in [7, 11) is 3.13. The molecule has 0 aliphatic rings. The van der Waals surface area contributed by atoms with Crippen LogP contribution in [0.5, 0.6) is 11.5 Å². The van der Waals surface area contributed by atoms with Crippen LogP contribution in [0.4, 0.5) is 9.52 Å². The van der Waals surface area contributed by atoms with Gasteiger partial charge in [0.05, 0.1) is 25.5 Å². The lowest BCUT2D eigenvalue weighted by Crippen LogP contribution is -2.47. The zero-order valence-electron chi connectivity index (χ0n) is 18.1. The van der Waals surface area contributed by atoms with Gasteiger partial charge in [0.1, 0.15) is 23.4 Å². The molecule has 1 atom stereocenters. The minimum absolute atomic E-state index is 0.118. The van der Waals surface area contributed by atoms with Crippen molar-refractivity contribution in [2.24, 2.45) is 5.92 Å². The number of thiazole rings is 1. The molecule has 0 fully saturated rings. The van der Waals surface area contributed by atoms with Gasteiger partial charge in [0.2, 0.25) is 5.91 Å². The molecule has 2 N–H and O–H groups in total. The van der Waals surface area contributed by atoms with Crippen LogP contribution in [0, 0.1) is 11.7 Å². The highest BCUT2D eigenvalue weighted by Gasteiger charge is 2.26. The van der Waals surface area contributed by atoms with Crippen molar-refractivity contribution >= 4 is 28.3 Å². The average Bonchev–Trinajstić information content (AvgIpc) is 3.25. The molecule has 2 aromatic carbocycles. The maximum absolute atomic E-state index is 13.9. The van der Waals surface area contributed by atoms with E-state index >= 15 is 0 Å². The first-order chi connectivity index (χ1) is 15.3. The van der Waals surface area contributed by atoms with E-state index in [1.54, 1.807) is 57.7 Å². The molecule has 0 saturated heterocycles. The van der Waals surface area contributed by atoms with Crippen LogP contribution < -0.4 is 20.1 Å². The van der Waals surface area contributed by atoms with Gasteiger partial charge in [-0.1, -0.05) is 26.0 Å². The van der Waals surface area contributed by atoms with E-state index in [2.05, 4.69) is 15.6 Å². The Morgan fingerprint density at radius 3 is 2.50 bits per heavy atom. The lowest BCUT2D eigenvalue weighted by Gasteiger charge is -2.21. The molecule has 3 rings (SSSR count). The SMILES string of the molecule is COc1ccc(OC)c(-c2csc(NC(=O)C(NC(=O)c3ccccc3F)C(C)C)n2)c1. The third kappa shape index (κ3) is 5.23. The van der Waals surface area contributed by atoms with Crippen molar-refractivity contribution in [2.45, 2.75) is 19.9 Å². The molecule has 0 radical (unpaired) electrons. The molecule has 7 nitrogen and oxygen atoms in total. The number of halogens is 1. The summed E-state index contributed by atoms with van der Waals surface area (Å²) in [4.78, 5) is 29.8. The first-order valence-electron chi connectivity index (χ1n) is 9.88. The molecule has 1 heterocycles. The first-order valence-corrected chi connectivity index (χ1v) is 10.8. The van der Waals surface area contributed by atoms with E-state index in [1.807, 2.05) is 0 Å². The molecule has 0 saturated carbocycles. The van der Waals surface area contributed by atoms with Crippen molar-refractivity contribution in [3.63, 3.8) is 0 Å². The molecule has 0 aliphatic heterocycles. The number of hydrogen-bond donors (Lipinski definition) is 2. The van der Waals surface area contributed by atoms with E-state index in [9.17, 15) is 14.0 Å². The molecule has 9 heteroatoms. The quantitative estimate of drug-likeness (QED) is 0.525.